The van der Waals surface area contributed by atoms with Gasteiger partial charge >= 0.3 is 0 Å². The Morgan fingerprint density at radius 1 is 1.03 bits per heavy atom. The molecule has 1 unspecified atom stereocenters. The Labute approximate surface area is 198 Å². The Hall–Kier alpha value is -3.13. The summed E-state index contributed by atoms with van der Waals surface area (Å²) in [5, 5.41) is 9.46. The van der Waals surface area contributed by atoms with Crippen molar-refractivity contribution in [3.8, 4) is 16.9 Å². The van der Waals surface area contributed by atoms with Crippen LogP contribution in [-0.2, 0) is 12.8 Å². The number of aryl methyl sites for hydroxylation is 1. The molecule has 1 N–H and O–H groups in total. The Bertz CT molecular complexity index is 1060. The van der Waals surface area contributed by atoms with Gasteiger partial charge in [-0.15, -0.1) is 0 Å². The molecule has 2 aromatic heterocycles. The van der Waals surface area contributed by atoms with E-state index < -0.39 is 17.7 Å². The van der Waals surface area contributed by atoms with E-state index in [0.717, 1.165) is 49.6 Å². The van der Waals surface area contributed by atoms with Crippen molar-refractivity contribution in [1.82, 2.24) is 15.0 Å². The van der Waals surface area contributed by atoms with E-state index >= 15 is 0 Å². The van der Waals surface area contributed by atoms with Gasteiger partial charge in [0.25, 0.3) is 0 Å². The van der Waals surface area contributed by atoms with Crippen molar-refractivity contribution in [2.75, 3.05) is 24.6 Å². The third kappa shape index (κ3) is 5.86. The first-order chi connectivity index (χ1) is 16.4. The van der Waals surface area contributed by atoms with Crippen molar-refractivity contribution in [3.63, 3.8) is 0 Å². The van der Waals surface area contributed by atoms with Crippen LogP contribution < -0.4 is 9.64 Å². The fourth-order valence-electron chi connectivity index (χ4n) is 4.08. The maximum atomic E-state index is 14.7. The number of aromatic nitrogens is 3. The lowest BCUT2D eigenvalue weighted by Gasteiger charge is -2.31. The van der Waals surface area contributed by atoms with Crippen LogP contribution in [0.3, 0.4) is 0 Å². The topological polar surface area (TPSA) is 71.4 Å². The predicted molar refractivity (Wildman–Crippen MR) is 127 cm³/mol. The molecular weight excluding hydrogens is 438 g/mol. The molecule has 0 amide bonds. The van der Waals surface area contributed by atoms with E-state index in [0.29, 0.717) is 17.5 Å². The standard InChI is InChI=1S/C26H30F2N4O2/c1-3-18-13-30-26(31-14-18)32-8-6-19(7-9-32)16-34-25-23(27)11-21(12-24(25)28)20-4-5-22(29-15-20)10-17(2)33/h4-5,11-15,17,19,33H,3,6-10,16H2,1-2H3. The Morgan fingerprint density at radius 3 is 2.26 bits per heavy atom. The van der Waals surface area contributed by atoms with E-state index in [4.69, 9.17) is 4.74 Å². The van der Waals surface area contributed by atoms with Gasteiger partial charge in [0.2, 0.25) is 5.95 Å². The van der Waals surface area contributed by atoms with Crippen molar-refractivity contribution in [2.45, 2.75) is 45.6 Å². The summed E-state index contributed by atoms with van der Waals surface area (Å²) in [6, 6.07) is 6.03. The number of piperidine rings is 1. The molecule has 34 heavy (non-hydrogen) atoms. The number of benzene rings is 1. The number of anilines is 1. The molecule has 0 aliphatic carbocycles. The number of ether oxygens (including phenoxy) is 1. The number of aliphatic hydroxyl groups is 1. The molecule has 1 aliphatic rings. The molecule has 0 radical (unpaired) electrons. The third-order valence-corrected chi connectivity index (χ3v) is 6.12. The van der Waals surface area contributed by atoms with Gasteiger partial charge in [0, 0.05) is 49.4 Å². The predicted octanol–water partition coefficient (Wildman–Crippen LogP) is 4.60. The van der Waals surface area contributed by atoms with Crippen LogP contribution >= 0.6 is 0 Å². The zero-order valence-electron chi connectivity index (χ0n) is 19.5. The van der Waals surface area contributed by atoms with Crippen molar-refractivity contribution >= 4 is 5.95 Å². The fourth-order valence-corrected chi connectivity index (χ4v) is 4.08. The maximum absolute atomic E-state index is 14.7. The molecule has 1 fully saturated rings. The van der Waals surface area contributed by atoms with Gasteiger partial charge in [0.15, 0.2) is 17.4 Å². The molecule has 180 valence electrons. The molecule has 1 aliphatic heterocycles. The van der Waals surface area contributed by atoms with Crippen LogP contribution in [0.2, 0.25) is 0 Å². The minimum atomic E-state index is -0.732. The smallest absolute Gasteiger partial charge is 0.225 e. The lowest BCUT2D eigenvalue weighted by molar-refractivity contribution is 0.194. The van der Waals surface area contributed by atoms with Crippen LogP contribution in [0, 0.1) is 17.6 Å². The molecule has 4 rings (SSSR count). The van der Waals surface area contributed by atoms with Crippen LogP contribution in [-0.4, -0.2) is 45.9 Å². The number of hydrogen-bond donors (Lipinski definition) is 1. The van der Waals surface area contributed by atoms with Crippen LogP contribution in [0.25, 0.3) is 11.1 Å². The van der Waals surface area contributed by atoms with Gasteiger partial charge in [-0.2, -0.15) is 0 Å². The lowest BCUT2D eigenvalue weighted by Crippen LogP contribution is -2.36. The third-order valence-electron chi connectivity index (χ3n) is 6.12. The summed E-state index contributed by atoms with van der Waals surface area (Å²) in [4.78, 5) is 15.3. The molecule has 1 atom stereocenters. The minimum Gasteiger partial charge on any atom is -0.487 e. The van der Waals surface area contributed by atoms with E-state index in [1.165, 1.54) is 12.1 Å². The van der Waals surface area contributed by atoms with Gasteiger partial charge < -0.3 is 14.7 Å². The number of rotatable bonds is 8. The monoisotopic (exact) mass is 468 g/mol. The molecular formula is C26H30F2N4O2. The summed E-state index contributed by atoms with van der Waals surface area (Å²) in [5.41, 5.74) is 2.81. The van der Waals surface area contributed by atoms with E-state index in [9.17, 15) is 13.9 Å². The van der Waals surface area contributed by atoms with Crippen molar-refractivity contribution in [2.24, 2.45) is 5.92 Å². The van der Waals surface area contributed by atoms with E-state index in [2.05, 4.69) is 26.8 Å². The lowest BCUT2D eigenvalue weighted by atomic mass is 9.98. The van der Waals surface area contributed by atoms with Gasteiger partial charge in [-0.3, -0.25) is 4.98 Å². The Morgan fingerprint density at radius 2 is 1.71 bits per heavy atom. The van der Waals surface area contributed by atoms with Gasteiger partial charge in [-0.25, -0.2) is 18.7 Å². The molecule has 3 aromatic rings. The summed E-state index contributed by atoms with van der Waals surface area (Å²) in [6.07, 6.45) is 7.76. The van der Waals surface area contributed by atoms with Crippen molar-refractivity contribution in [1.29, 1.82) is 0 Å². The molecule has 6 nitrogen and oxygen atoms in total. The first-order valence-electron chi connectivity index (χ1n) is 11.7. The number of halogens is 2. The van der Waals surface area contributed by atoms with Crippen LogP contribution in [0.15, 0.2) is 42.9 Å². The molecule has 1 aromatic carbocycles. The highest BCUT2D eigenvalue weighted by atomic mass is 19.1. The zero-order valence-corrected chi connectivity index (χ0v) is 19.5. The summed E-state index contributed by atoms with van der Waals surface area (Å²) < 4.78 is 35.0. The molecule has 0 spiro atoms. The van der Waals surface area contributed by atoms with E-state index in [1.54, 1.807) is 25.3 Å². The van der Waals surface area contributed by atoms with Crippen LogP contribution in [0.5, 0.6) is 5.75 Å². The van der Waals surface area contributed by atoms with Crippen LogP contribution in [0.1, 0.15) is 37.9 Å². The first kappa shape index (κ1) is 24.0. The number of aliphatic hydroxyl groups excluding tert-OH is 1. The molecule has 1 saturated heterocycles. The van der Waals surface area contributed by atoms with Gasteiger partial charge in [-0.05, 0) is 61.4 Å². The highest BCUT2D eigenvalue weighted by Crippen LogP contribution is 2.30. The first-order valence-corrected chi connectivity index (χ1v) is 11.7. The maximum Gasteiger partial charge on any atom is 0.225 e. The largest absolute Gasteiger partial charge is 0.487 e. The second-order valence-electron chi connectivity index (χ2n) is 8.85. The highest BCUT2D eigenvalue weighted by molar-refractivity contribution is 5.64. The van der Waals surface area contributed by atoms with E-state index in [-0.39, 0.29) is 18.3 Å². The highest BCUT2D eigenvalue weighted by Gasteiger charge is 2.23. The molecule has 0 bridgehead atoms. The number of pyridine rings is 1. The number of nitrogens with zero attached hydrogens (tertiary/aromatic N) is 4. The Kier molecular flexibility index (Phi) is 7.67. The average molecular weight is 469 g/mol. The average Bonchev–Trinajstić information content (AvgIpc) is 2.84. The summed E-state index contributed by atoms with van der Waals surface area (Å²) in [5.74, 6) is -0.883. The van der Waals surface area contributed by atoms with Gasteiger partial charge in [0.05, 0.1) is 12.7 Å². The quantitative estimate of drug-likeness (QED) is 0.521. The number of hydrogen-bond acceptors (Lipinski definition) is 6. The van der Waals surface area contributed by atoms with Gasteiger partial charge in [-0.1, -0.05) is 13.0 Å². The second kappa shape index (κ2) is 10.9. The van der Waals surface area contributed by atoms with Crippen LogP contribution in [0.4, 0.5) is 14.7 Å². The molecule has 0 saturated carbocycles. The van der Waals surface area contributed by atoms with Gasteiger partial charge in [0.1, 0.15) is 0 Å². The summed E-state index contributed by atoms with van der Waals surface area (Å²) in [7, 11) is 0. The minimum absolute atomic E-state index is 0.204. The normalized spacial score (nSPS) is 15.4. The molecule has 3 heterocycles. The SMILES string of the molecule is CCc1cnc(N2CCC(COc3c(F)cc(-c4ccc(CC(C)O)nc4)cc3F)CC2)nc1. The fraction of sp³-hybridized carbons (Fsp3) is 0.423. The summed E-state index contributed by atoms with van der Waals surface area (Å²) >= 11 is 0. The van der Waals surface area contributed by atoms with Crippen molar-refractivity contribution in [3.05, 3.63) is 65.7 Å². The second-order valence-corrected chi connectivity index (χ2v) is 8.85. The summed E-state index contributed by atoms with van der Waals surface area (Å²) in [6.45, 7) is 5.56. The van der Waals surface area contributed by atoms with Crippen molar-refractivity contribution < 1.29 is 18.6 Å². The Balaban J connectivity index is 1.33. The molecule has 8 heteroatoms. The van der Waals surface area contributed by atoms with E-state index in [1.807, 2.05) is 12.4 Å². The zero-order chi connectivity index (χ0) is 24.1.